The maximum absolute atomic E-state index is 13.1. The van der Waals surface area contributed by atoms with Crippen molar-refractivity contribution in [2.45, 2.75) is 24.3 Å². The topological polar surface area (TPSA) is 111 Å². The lowest BCUT2D eigenvalue weighted by Gasteiger charge is -2.22. The molecular weight excluding hydrogens is 484 g/mol. The number of carbonyl (C=O) groups excluding carboxylic acids is 2. The molecule has 0 saturated heterocycles. The summed E-state index contributed by atoms with van der Waals surface area (Å²) in [6, 6.07) is 17.9. The van der Waals surface area contributed by atoms with Gasteiger partial charge in [0.15, 0.2) is 17.6 Å². The Morgan fingerprint density at radius 1 is 0.972 bits per heavy atom. The number of hydrogen-bond donors (Lipinski definition) is 1. The Kier molecular flexibility index (Phi) is 6.27. The summed E-state index contributed by atoms with van der Waals surface area (Å²) < 4.78 is 44.9. The van der Waals surface area contributed by atoms with Crippen LogP contribution < -0.4 is 19.1 Å². The van der Waals surface area contributed by atoms with Crippen LogP contribution in [-0.4, -0.2) is 46.2 Å². The second-order valence-corrected chi connectivity index (χ2v) is 10.1. The van der Waals surface area contributed by atoms with Crippen LogP contribution in [0.1, 0.15) is 22.8 Å². The predicted molar refractivity (Wildman–Crippen MR) is 132 cm³/mol. The molecule has 0 aliphatic carbocycles. The molecule has 1 N–H and O–H groups in total. The molecule has 2 aliphatic heterocycles. The van der Waals surface area contributed by atoms with Crippen LogP contribution in [-0.2, 0) is 26.0 Å². The van der Waals surface area contributed by atoms with Gasteiger partial charge in [-0.1, -0.05) is 30.3 Å². The van der Waals surface area contributed by atoms with Crippen LogP contribution in [0, 0.1) is 0 Å². The number of ether oxygens (including phenoxy) is 3. The minimum atomic E-state index is -4.06. The summed E-state index contributed by atoms with van der Waals surface area (Å²) in [7, 11) is -4.06. The quantitative estimate of drug-likeness (QED) is 0.508. The molecule has 2 heterocycles. The Balaban J connectivity index is 1.32. The maximum Gasteiger partial charge on any atom is 0.341 e. The maximum atomic E-state index is 13.1. The second-order valence-electron chi connectivity index (χ2n) is 8.37. The first-order valence-electron chi connectivity index (χ1n) is 11.5. The van der Waals surface area contributed by atoms with E-state index in [2.05, 4.69) is 4.72 Å². The number of nitrogens with one attached hydrogen (secondary N) is 1. The third kappa shape index (κ3) is 4.59. The number of para-hydroxylation sites is 2. The summed E-state index contributed by atoms with van der Waals surface area (Å²) in [5.74, 6) is -0.373. The SMILES string of the molecule is CC(OC(=O)c1ccccc1NS(=O)(=O)c1ccc2c(c1)OCCO2)C(=O)N1CCc2ccccc21. The van der Waals surface area contributed by atoms with E-state index in [-0.39, 0.29) is 22.1 Å². The summed E-state index contributed by atoms with van der Waals surface area (Å²) in [5.41, 5.74) is 1.88. The van der Waals surface area contributed by atoms with Gasteiger partial charge in [0.2, 0.25) is 0 Å². The van der Waals surface area contributed by atoms with Crippen molar-refractivity contribution in [1.29, 1.82) is 0 Å². The Morgan fingerprint density at radius 2 is 1.69 bits per heavy atom. The highest BCUT2D eigenvalue weighted by atomic mass is 32.2. The standard InChI is InChI=1S/C26H24N2O7S/c1-17(25(29)28-13-12-18-6-2-5-9-22(18)28)35-26(30)20-7-3-4-8-21(20)27-36(31,32)19-10-11-23-24(16-19)34-15-14-33-23/h2-11,16-17,27H,12-15H2,1H3. The van der Waals surface area contributed by atoms with E-state index in [0.29, 0.717) is 31.3 Å². The van der Waals surface area contributed by atoms with Crippen molar-refractivity contribution in [2.75, 3.05) is 29.4 Å². The Morgan fingerprint density at radius 3 is 2.53 bits per heavy atom. The number of carbonyl (C=O) groups is 2. The molecule has 3 aromatic rings. The number of rotatable bonds is 6. The molecule has 10 heteroatoms. The molecule has 36 heavy (non-hydrogen) atoms. The van der Waals surface area contributed by atoms with E-state index in [0.717, 1.165) is 17.7 Å². The number of fused-ring (bicyclic) bond motifs is 2. The van der Waals surface area contributed by atoms with E-state index in [1.807, 2.05) is 24.3 Å². The summed E-state index contributed by atoms with van der Waals surface area (Å²) in [6.07, 6.45) is -0.335. The summed E-state index contributed by atoms with van der Waals surface area (Å²) in [6.45, 7) is 2.71. The van der Waals surface area contributed by atoms with Crippen LogP contribution in [0.25, 0.3) is 0 Å². The molecule has 0 saturated carbocycles. The number of esters is 1. The van der Waals surface area contributed by atoms with Crippen molar-refractivity contribution >= 4 is 33.3 Å². The smallest absolute Gasteiger partial charge is 0.341 e. The lowest BCUT2D eigenvalue weighted by Crippen LogP contribution is -2.39. The lowest BCUT2D eigenvalue weighted by molar-refractivity contribution is -0.126. The van der Waals surface area contributed by atoms with Crippen LogP contribution in [0.4, 0.5) is 11.4 Å². The molecule has 0 radical (unpaired) electrons. The fourth-order valence-electron chi connectivity index (χ4n) is 4.21. The number of sulfonamides is 1. The van der Waals surface area contributed by atoms with Crippen LogP contribution >= 0.6 is 0 Å². The van der Waals surface area contributed by atoms with Gasteiger partial charge in [-0.15, -0.1) is 0 Å². The molecular formula is C26H24N2O7S. The fraction of sp³-hybridized carbons (Fsp3) is 0.231. The first-order chi connectivity index (χ1) is 17.3. The van der Waals surface area contributed by atoms with Crippen LogP contribution in [0.3, 0.4) is 0 Å². The van der Waals surface area contributed by atoms with Crippen molar-refractivity contribution < 1.29 is 32.2 Å². The molecule has 2 aliphatic rings. The van der Waals surface area contributed by atoms with E-state index >= 15 is 0 Å². The molecule has 3 aromatic carbocycles. The molecule has 0 spiro atoms. The highest BCUT2D eigenvalue weighted by molar-refractivity contribution is 7.92. The van der Waals surface area contributed by atoms with Crippen molar-refractivity contribution in [3.8, 4) is 11.5 Å². The van der Waals surface area contributed by atoms with Gasteiger partial charge in [0.25, 0.3) is 15.9 Å². The second kappa shape index (κ2) is 9.54. The van der Waals surface area contributed by atoms with Crippen molar-refractivity contribution in [3.63, 3.8) is 0 Å². The number of nitrogens with zero attached hydrogens (tertiary/aromatic N) is 1. The third-order valence-electron chi connectivity index (χ3n) is 6.00. The Bertz CT molecular complexity index is 1440. The average molecular weight is 509 g/mol. The largest absolute Gasteiger partial charge is 0.486 e. The minimum Gasteiger partial charge on any atom is -0.486 e. The van der Waals surface area contributed by atoms with Crippen LogP contribution in [0.5, 0.6) is 11.5 Å². The summed E-state index contributed by atoms with van der Waals surface area (Å²) in [5, 5.41) is 0. The number of amides is 1. The van der Waals surface area contributed by atoms with E-state index in [4.69, 9.17) is 14.2 Å². The van der Waals surface area contributed by atoms with E-state index in [1.165, 1.54) is 37.3 Å². The number of anilines is 2. The molecule has 186 valence electrons. The molecule has 1 amide bonds. The highest BCUT2D eigenvalue weighted by Gasteiger charge is 2.31. The lowest BCUT2D eigenvalue weighted by atomic mass is 10.2. The van der Waals surface area contributed by atoms with Crippen molar-refractivity contribution in [3.05, 3.63) is 77.9 Å². The van der Waals surface area contributed by atoms with Gasteiger partial charge in [-0.3, -0.25) is 9.52 Å². The number of benzene rings is 3. The summed E-state index contributed by atoms with van der Waals surface area (Å²) in [4.78, 5) is 27.5. The average Bonchev–Trinajstić information content (AvgIpc) is 3.32. The Hall–Kier alpha value is -4.05. The van der Waals surface area contributed by atoms with Crippen molar-refractivity contribution in [2.24, 2.45) is 0 Å². The summed E-state index contributed by atoms with van der Waals surface area (Å²) >= 11 is 0. The fourth-order valence-corrected chi connectivity index (χ4v) is 5.30. The first kappa shape index (κ1) is 23.7. The van der Waals surface area contributed by atoms with E-state index in [9.17, 15) is 18.0 Å². The van der Waals surface area contributed by atoms with Gasteiger partial charge in [0, 0.05) is 18.3 Å². The minimum absolute atomic E-state index is 0.0138. The van der Waals surface area contributed by atoms with Gasteiger partial charge in [-0.25, -0.2) is 13.2 Å². The Labute approximate surface area is 208 Å². The third-order valence-corrected chi connectivity index (χ3v) is 7.36. The first-order valence-corrected chi connectivity index (χ1v) is 12.9. The van der Waals surface area contributed by atoms with Gasteiger partial charge >= 0.3 is 5.97 Å². The van der Waals surface area contributed by atoms with Crippen LogP contribution in [0.15, 0.2) is 71.6 Å². The highest BCUT2D eigenvalue weighted by Crippen LogP contribution is 2.33. The molecule has 0 fully saturated rings. The molecule has 9 nitrogen and oxygen atoms in total. The zero-order valence-corrected chi connectivity index (χ0v) is 20.3. The normalized spacial score (nSPS) is 15.1. The molecule has 1 unspecified atom stereocenters. The molecule has 0 aromatic heterocycles. The zero-order chi connectivity index (χ0) is 25.3. The molecule has 5 rings (SSSR count). The van der Waals surface area contributed by atoms with Crippen molar-refractivity contribution in [1.82, 2.24) is 0 Å². The van der Waals surface area contributed by atoms with E-state index < -0.39 is 22.1 Å². The van der Waals surface area contributed by atoms with Crippen LogP contribution in [0.2, 0.25) is 0 Å². The van der Waals surface area contributed by atoms with E-state index in [1.54, 1.807) is 17.0 Å². The van der Waals surface area contributed by atoms with Gasteiger partial charge in [0.05, 0.1) is 16.1 Å². The zero-order valence-electron chi connectivity index (χ0n) is 19.5. The van der Waals surface area contributed by atoms with Gasteiger partial charge in [0.1, 0.15) is 13.2 Å². The monoisotopic (exact) mass is 508 g/mol. The number of hydrogen-bond acceptors (Lipinski definition) is 7. The van der Waals surface area contributed by atoms with Gasteiger partial charge in [-0.05, 0) is 49.2 Å². The molecule has 0 bridgehead atoms. The predicted octanol–water partition coefficient (Wildman–Crippen LogP) is 3.39. The molecule has 1 atom stereocenters. The van der Waals surface area contributed by atoms with Gasteiger partial charge in [-0.2, -0.15) is 0 Å². The van der Waals surface area contributed by atoms with Gasteiger partial charge < -0.3 is 19.1 Å².